The topological polar surface area (TPSA) is 54.6 Å². The predicted molar refractivity (Wildman–Crippen MR) is 89.4 cm³/mol. The third kappa shape index (κ3) is 2.22. The highest BCUT2D eigenvalue weighted by Gasteiger charge is 2.18. The van der Waals surface area contributed by atoms with Crippen LogP contribution in [0.2, 0.25) is 0 Å². The first-order chi connectivity index (χ1) is 11.6. The Kier molecular flexibility index (Phi) is 3.27. The molecule has 0 unspecified atom stereocenters. The first kappa shape index (κ1) is 14.4. The van der Waals surface area contributed by atoms with Gasteiger partial charge >= 0.3 is 5.97 Å². The van der Waals surface area contributed by atoms with Crippen molar-refractivity contribution in [3.63, 3.8) is 0 Å². The highest BCUT2D eigenvalue weighted by atomic mass is 19.1. The third-order valence-corrected chi connectivity index (χ3v) is 4.08. The molecule has 0 atom stereocenters. The fourth-order valence-corrected chi connectivity index (χ4v) is 3.12. The maximum atomic E-state index is 13.7. The molecule has 0 radical (unpaired) electrons. The van der Waals surface area contributed by atoms with Crippen LogP contribution in [0.25, 0.3) is 27.8 Å². The quantitative estimate of drug-likeness (QED) is 0.622. The maximum absolute atomic E-state index is 13.7. The van der Waals surface area contributed by atoms with Gasteiger partial charge in [-0.15, -0.1) is 0 Å². The number of carboxylic acids is 1. The standard InChI is InChI=1S/C19H13FN2O2/c20-13-6-7-16-14(10-13)15(11-18(23)24)17-8-9-21-19(22(16)17)12-4-2-1-3-5-12/h1-10H,11H2,(H,23,24). The predicted octanol–water partition coefficient (Wildman–Crippen LogP) is 3.92. The van der Waals surface area contributed by atoms with E-state index in [-0.39, 0.29) is 12.2 Å². The number of aliphatic carboxylic acids is 1. The zero-order valence-corrected chi connectivity index (χ0v) is 12.6. The second-order valence-corrected chi connectivity index (χ2v) is 5.57. The molecule has 5 heteroatoms. The molecular formula is C19H13FN2O2. The molecule has 2 aromatic carbocycles. The summed E-state index contributed by atoms with van der Waals surface area (Å²) in [4.78, 5) is 15.7. The molecule has 4 aromatic rings. The van der Waals surface area contributed by atoms with Crippen molar-refractivity contribution < 1.29 is 14.3 Å². The Hall–Kier alpha value is -3.21. The second-order valence-electron chi connectivity index (χ2n) is 5.57. The lowest BCUT2D eigenvalue weighted by molar-refractivity contribution is -0.136. The zero-order chi connectivity index (χ0) is 16.7. The highest BCUT2D eigenvalue weighted by Crippen LogP contribution is 2.31. The summed E-state index contributed by atoms with van der Waals surface area (Å²) in [5.41, 5.74) is 2.98. The van der Waals surface area contributed by atoms with Crippen LogP contribution in [0.5, 0.6) is 0 Å². The van der Waals surface area contributed by atoms with E-state index in [1.54, 1.807) is 18.3 Å². The Morgan fingerprint density at radius 3 is 2.62 bits per heavy atom. The number of aromatic nitrogens is 2. The molecular weight excluding hydrogens is 307 g/mol. The fourth-order valence-electron chi connectivity index (χ4n) is 3.12. The van der Waals surface area contributed by atoms with Crippen LogP contribution in [0, 0.1) is 5.82 Å². The summed E-state index contributed by atoms with van der Waals surface area (Å²) in [5.74, 6) is -0.646. The van der Waals surface area contributed by atoms with Crippen LogP contribution in [0.3, 0.4) is 0 Å². The lowest BCUT2D eigenvalue weighted by atomic mass is 10.1. The van der Waals surface area contributed by atoms with Crippen LogP contribution in [0.15, 0.2) is 60.8 Å². The fraction of sp³-hybridized carbons (Fsp3) is 0.0526. The number of rotatable bonds is 3. The largest absolute Gasteiger partial charge is 0.481 e. The minimum Gasteiger partial charge on any atom is -0.481 e. The van der Waals surface area contributed by atoms with Gasteiger partial charge < -0.3 is 5.11 Å². The van der Waals surface area contributed by atoms with Gasteiger partial charge in [-0.2, -0.15) is 0 Å². The second kappa shape index (κ2) is 5.45. The monoisotopic (exact) mass is 320 g/mol. The van der Waals surface area contributed by atoms with Gasteiger partial charge in [0.2, 0.25) is 0 Å². The van der Waals surface area contributed by atoms with E-state index >= 15 is 0 Å². The van der Waals surface area contributed by atoms with E-state index in [1.165, 1.54) is 12.1 Å². The third-order valence-electron chi connectivity index (χ3n) is 4.08. The molecule has 1 N–H and O–H groups in total. The van der Waals surface area contributed by atoms with Crippen molar-refractivity contribution in [2.24, 2.45) is 0 Å². The summed E-state index contributed by atoms with van der Waals surface area (Å²) in [7, 11) is 0. The van der Waals surface area contributed by atoms with E-state index in [9.17, 15) is 14.3 Å². The highest BCUT2D eigenvalue weighted by molar-refractivity contribution is 5.96. The average molecular weight is 320 g/mol. The van der Waals surface area contributed by atoms with Crippen molar-refractivity contribution in [1.29, 1.82) is 0 Å². The lowest BCUT2D eigenvalue weighted by Gasteiger charge is -2.06. The first-order valence-electron chi connectivity index (χ1n) is 7.50. The number of carbonyl (C=O) groups is 1. The van der Waals surface area contributed by atoms with Gasteiger partial charge in [-0.05, 0) is 29.8 Å². The van der Waals surface area contributed by atoms with Crippen LogP contribution >= 0.6 is 0 Å². The Bertz CT molecular complexity index is 1070. The van der Waals surface area contributed by atoms with Gasteiger partial charge in [-0.1, -0.05) is 30.3 Å². The number of fused-ring (bicyclic) bond motifs is 3. The minimum absolute atomic E-state index is 0.172. The van der Waals surface area contributed by atoms with Gasteiger partial charge in [-0.25, -0.2) is 9.37 Å². The van der Waals surface area contributed by atoms with Crippen molar-refractivity contribution in [3.8, 4) is 11.4 Å². The van der Waals surface area contributed by atoms with Gasteiger partial charge in [0.1, 0.15) is 11.6 Å². The number of benzene rings is 2. The summed E-state index contributed by atoms with van der Waals surface area (Å²) < 4.78 is 15.6. The Balaban J connectivity index is 2.15. The van der Waals surface area contributed by atoms with E-state index in [2.05, 4.69) is 4.98 Å². The molecule has 0 amide bonds. The van der Waals surface area contributed by atoms with E-state index in [4.69, 9.17) is 0 Å². The van der Waals surface area contributed by atoms with Crippen LogP contribution < -0.4 is 0 Å². The number of nitrogens with zero attached hydrogens (tertiary/aromatic N) is 2. The molecule has 0 aliphatic heterocycles. The molecule has 118 valence electrons. The molecule has 2 aromatic heterocycles. The molecule has 24 heavy (non-hydrogen) atoms. The van der Waals surface area contributed by atoms with E-state index in [1.807, 2.05) is 34.7 Å². The zero-order valence-electron chi connectivity index (χ0n) is 12.6. The van der Waals surface area contributed by atoms with Crippen molar-refractivity contribution in [3.05, 3.63) is 72.2 Å². The van der Waals surface area contributed by atoms with Gasteiger partial charge in [0.05, 0.1) is 17.5 Å². The number of hydrogen-bond donors (Lipinski definition) is 1. The van der Waals surface area contributed by atoms with Crippen LogP contribution in [0.1, 0.15) is 5.56 Å². The normalized spacial score (nSPS) is 11.2. The van der Waals surface area contributed by atoms with Crippen molar-refractivity contribution in [2.45, 2.75) is 6.42 Å². The molecule has 0 aliphatic rings. The minimum atomic E-state index is -0.952. The van der Waals surface area contributed by atoms with Gasteiger partial charge in [-0.3, -0.25) is 9.20 Å². The summed E-state index contributed by atoms with van der Waals surface area (Å²) in [6.45, 7) is 0. The van der Waals surface area contributed by atoms with Crippen LogP contribution in [-0.4, -0.2) is 20.5 Å². The van der Waals surface area contributed by atoms with Crippen molar-refractivity contribution in [2.75, 3.05) is 0 Å². The molecule has 2 heterocycles. The smallest absolute Gasteiger partial charge is 0.307 e. The average Bonchev–Trinajstić information content (AvgIpc) is 2.89. The van der Waals surface area contributed by atoms with E-state index in [0.29, 0.717) is 16.8 Å². The molecule has 0 aliphatic carbocycles. The van der Waals surface area contributed by atoms with Gasteiger partial charge in [0, 0.05) is 17.1 Å². The summed E-state index contributed by atoms with van der Waals surface area (Å²) in [6.07, 6.45) is 1.48. The van der Waals surface area contributed by atoms with Crippen LogP contribution in [-0.2, 0) is 11.2 Å². The Morgan fingerprint density at radius 1 is 1.08 bits per heavy atom. The van der Waals surface area contributed by atoms with E-state index < -0.39 is 5.97 Å². The summed E-state index contributed by atoms with van der Waals surface area (Å²) in [5, 5.41) is 9.84. The molecule has 0 fully saturated rings. The SMILES string of the molecule is O=C(O)Cc1c2cc(F)ccc2n2c(-c3ccccc3)nccc12. The van der Waals surface area contributed by atoms with E-state index in [0.717, 1.165) is 16.6 Å². The first-order valence-corrected chi connectivity index (χ1v) is 7.50. The molecule has 0 spiro atoms. The molecule has 0 saturated heterocycles. The summed E-state index contributed by atoms with van der Waals surface area (Å²) >= 11 is 0. The number of hydrogen-bond acceptors (Lipinski definition) is 2. The summed E-state index contributed by atoms with van der Waals surface area (Å²) in [6, 6.07) is 15.8. The lowest BCUT2D eigenvalue weighted by Crippen LogP contribution is -2.01. The molecule has 0 bridgehead atoms. The number of carboxylic acid groups (broad SMARTS) is 1. The van der Waals surface area contributed by atoms with Gasteiger partial charge in [0.15, 0.2) is 0 Å². The molecule has 4 rings (SSSR count). The number of halogens is 1. The van der Waals surface area contributed by atoms with Crippen molar-refractivity contribution >= 4 is 22.4 Å². The Labute approximate surface area is 136 Å². The van der Waals surface area contributed by atoms with Gasteiger partial charge in [0.25, 0.3) is 0 Å². The van der Waals surface area contributed by atoms with Crippen LogP contribution in [0.4, 0.5) is 4.39 Å². The maximum Gasteiger partial charge on any atom is 0.307 e. The molecule has 4 nitrogen and oxygen atoms in total. The van der Waals surface area contributed by atoms with Crippen molar-refractivity contribution in [1.82, 2.24) is 9.38 Å². The molecule has 0 saturated carbocycles. The Morgan fingerprint density at radius 2 is 1.88 bits per heavy atom.